The highest BCUT2D eigenvalue weighted by Gasteiger charge is 2.32. The lowest BCUT2D eigenvalue weighted by Gasteiger charge is -2.20. The average molecular weight is 366 g/mol. The number of nitro benzene ring substituents is 1. The lowest BCUT2D eigenvalue weighted by molar-refractivity contribution is -0.384. The fourth-order valence-electron chi connectivity index (χ4n) is 2.99. The Balaban J connectivity index is 1.75. The summed E-state index contributed by atoms with van der Waals surface area (Å²) < 4.78 is 0.973. The molecule has 0 spiro atoms. The van der Waals surface area contributed by atoms with Gasteiger partial charge in [0.2, 0.25) is 0 Å². The molecule has 2 heterocycles. The number of anilines is 1. The van der Waals surface area contributed by atoms with Crippen molar-refractivity contribution in [3.05, 3.63) is 68.9 Å². The smallest absolute Gasteiger partial charge is 0.271 e. The van der Waals surface area contributed by atoms with Gasteiger partial charge in [0.1, 0.15) is 16.6 Å². The molecule has 0 saturated heterocycles. The summed E-state index contributed by atoms with van der Waals surface area (Å²) in [5.74, 6) is 0.130. The van der Waals surface area contributed by atoms with Gasteiger partial charge in [-0.3, -0.25) is 15.5 Å². The van der Waals surface area contributed by atoms with Crippen molar-refractivity contribution in [2.24, 2.45) is 0 Å². The predicted molar refractivity (Wildman–Crippen MR) is 102 cm³/mol. The molecule has 4 rings (SSSR count). The Bertz CT molecular complexity index is 1070. The fourth-order valence-corrected chi connectivity index (χ4v) is 4.02. The van der Waals surface area contributed by atoms with Gasteiger partial charge in [-0.15, -0.1) is 11.3 Å². The number of nitrogens with one attached hydrogen (secondary N) is 1. The molecule has 130 valence electrons. The molecule has 0 radical (unpaired) electrons. The Morgan fingerprint density at radius 3 is 2.81 bits per heavy atom. The van der Waals surface area contributed by atoms with Gasteiger partial charge in [0.25, 0.3) is 5.69 Å². The number of non-ortho nitro benzene ring substituents is 1. The number of aliphatic hydroxyl groups excluding tert-OH is 1. The number of fused-ring (bicyclic) bond motifs is 1. The summed E-state index contributed by atoms with van der Waals surface area (Å²) in [5, 5.41) is 30.6. The van der Waals surface area contributed by atoms with Crippen LogP contribution in [0.1, 0.15) is 10.6 Å². The quantitative estimate of drug-likeness (QED) is 0.532. The largest absolute Gasteiger partial charge is 0.510 e. The van der Waals surface area contributed by atoms with Crippen molar-refractivity contribution in [3.8, 4) is 0 Å². The summed E-state index contributed by atoms with van der Waals surface area (Å²) >= 11 is 1.41. The zero-order valence-corrected chi connectivity index (χ0v) is 14.6. The Morgan fingerprint density at radius 1 is 1.31 bits per heavy atom. The van der Waals surface area contributed by atoms with Gasteiger partial charge in [-0.05, 0) is 24.6 Å². The van der Waals surface area contributed by atoms with Gasteiger partial charge in [-0.2, -0.15) is 0 Å². The molecule has 3 aromatic rings. The highest BCUT2D eigenvalue weighted by atomic mass is 32.1. The molecule has 0 atom stereocenters. The molecule has 0 aliphatic carbocycles. The Hall–Kier alpha value is -3.26. The van der Waals surface area contributed by atoms with Crippen molar-refractivity contribution in [1.82, 2.24) is 4.98 Å². The average Bonchev–Trinajstić information content (AvgIpc) is 3.15. The van der Waals surface area contributed by atoms with Crippen molar-refractivity contribution in [1.29, 1.82) is 5.41 Å². The second-order valence-corrected chi connectivity index (χ2v) is 7.00. The Labute approximate surface area is 152 Å². The molecule has 2 aromatic carbocycles. The van der Waals surface area contributed by atoms with Crippen LogP contribution in [-0.4, -0.2) is 27.4 Å². The third-order valence-electron chi connectivity index (χ3n) is 4.31. The van der Waals surface area contributed by atoms with Crippen molar-refractivity contribution in [2.45, 2.75) is 6.92 Å². The van der Waals surface area contributed by atoms with Gasteiger partial charge in [-0.25, -0.2) is 4.98 Å². The number of amidine groups is 1. The van der Waals surface area contributed by atoms with Gasteiger partial charge < -0.3 is 10.0 Å². The van der Waals surface area contributed by atoms with Gasteiger partial charge in [-0.1, -0.05) is 18.2 Å². The number of aryl methyl sites for hydroxylation is 1. The zero-order valence-electron chi connectivity index (χ0n) is 13.8. The van der Waals surface area contributed by atoms with Crippen LogP contribution in [0.4, 0.5) is 11.4 Å². The summed E-state index contributed by atoms with van der Waals surface area (Å²) in [5.41, 5.74) is 2.46. The maximum atomic E-state index is 11.1. The fraction of sp³-hybridized carbons (Fsp3) is 0.111. The van der Waals surface area contributed by atoms with Crippen LogP contribution in [0.3, 0.4) is 0 Å². The number of benzene rings is 2. The molecule has 2 N–H and O–H groups in total. The number of nitro groups is 1. The lowest BCUT2D eigenvalue weighted by Crippen LogP contribution is -2.26. The molecule has 1 aliphatic rings. The van der Waals surface area contributed by atoms with Gasteiger partial charge in [0.15, 0.2) is 0 Å². The maximum absolute atomic E-state index is 11.1. The minimum atomic E-state index is -0.468. The predicted octanol–water partition coefficient (Wildman–Crippen LogP) is 4.28. The number of hydrogen-bond donors (Lipinski definition) is 2. The SMILES string of the molecule is Cc1ccc([N+](=O)[O-])cc1N1CC(O)=C(c2nc3ccccc3s2)C1=N. The van der Waals surface area contributed by atoms with E-state index in [0.29, 0.717) is 16.3 Å². The van der Waals surface area contributed by atoms with Crippen molar-refractivity contribution in [3.63, 3.8) is 0 Å². The van der Waals surface area contributed by atoms with Crippen LogP contribution in [-0.2, 0) is 0 Å². The molecule has 8 heteroatoms. The first kappa shape index (κ1) is 16.2. The van der Waals surface area contributed by atoms with Crippen LogP contribution in [0.25, 0.3) is 15.8 Å². The molecule has 1 aliphatic heterocycles. The molecule has 0 unspecified atom stereocenters. The van der Waals surface area contributed by atoms with E-state index >= 15 is 0 Å². The first-order valence-electron chi connectivity index (χ1n) is 7.85. The van der Waals surface area contributed by atoms with Gasteiger partial charge in [0, 0.05) is 12.1 Å². The summed E-state index contributed by atoms with van der Waals surface area (Å²) in [7, 11) is 0. The number of hydrogen-bond acceptors (Lipinski definition) is 6. The molecular formula is C18H14N4O3S. The third-order valence-corrected chi connectivity index (χ3v) is 5.36. The Kier molecular flexibility index (Phi) is 3.69. The minimum Gasteiger partial charge on any atom is -0.510 e. The minimum absolute atomic E-state index is 0.0416. The van der Waals surface area contributed by atoms with Crippen molar-refractivity contribution in [2.75, 3.05) is 11.4 Å². The first-order chi connectivity index (χ1) is 12.5. The number of thiazole rings is 1. The summed E-state index contributed by atoms with van der Waals surface area (Å²) in [6.45, 7) is 1.91. The molecule has 0 amide bonds. The van der Waals surface area contributed by atoms with Crippen LogP contribution in [0.15, 0.2) is 48.2 Å². The second kappa shape index (κ2) is 5.92. The van der Waals surface area contributed by atoms with E-state index in [4.69, 9.17) is 5.41 Å². The molecule has 1 aromatic heterocycles. The van der Waals surface area contributed by atoms with Crippen LogP contribution >= 0.6 is 11.3 Å². The van der Waals surface area contributed by atoms with Crippen LogP contribution in [0.5, 0.6) is 0 Å². The summed E-state index contributed by atoms with van der Waals surface area (Å²) in [4.78, 5) is 16.7. The molecule has 26 heavy (non-hydrogen) atoms. The number of aliphatic hydroxyl groups is 1. The van der Waals surface area contributed by atoms with E-state index in [0.717, 1.165) is 15.8 Å². The van der Waals surface area contributed by atoms with Crippen molar-refractivity contribution < 1.29 is 10.0 Å². The van der Waals surface area contributed by atoms with Gasteiger partial charge in [0.05, 0.1) is 32.9 Å². The maximum Gasteiger partial charge on any atom is 0.271 e. The highest BCUT2D eigenvalue weighted by Crippen LogP contribution is 2.37. The second-order valence-electron chi connectivity index (χ2n) is 5.97. The number of aromatic nitrogens is 1. The van der Waals surface area contributed by atoms with Crippen LogP contribution in [0, 0.1) is 22.4 Å². The topological polar surface area (TPSA) is 103 Å². The standard InChI is InChI=1S/C18H14N4O3S/c1-10-6-7-11(22(24)25)8-13(10)21-9-14(23)16(17(21)19)18-20-12-4-2-3-5-15(12)26-18/h2-8,19,23H,9H2,1H3. The number of nitrogens with zero attached hydrogens (tertiary/aromatic N) is 3. The normalized spacial score (nSPS) is 14.5. The monoisotopic (exact) mass is 366 g/mol. The van der Waals surface area contributed by atoms with E-state index in [9.17, 15) is 15.2 Å². The van der Waals surface area contributed by atoms with E-state index in [1.54, 1.807) is 11.0 Å². The number of para-hydroxylation sites is 1. The van der Waals surface area contributed by atoms with E-state index in [1.807, 2.05) is 31.2 Å². The lowest BCUT2D eigenvalue weighted by atomic mass is 10.1. The van der Waals surface area contributed by atoms with Gasteiger partial charge >= 0.3 is 0 Å². The van der Waals surface area contributed by atoms with E-state index in [2.05, 4.69) is 4.98 Å². The molecule has 7 nitrogen and oxygen atoms in total. The van der Waals surface area contributed by atoms with E-state index < -0.39 is 4.92 Å². The summed E-state index contributed by atoms with van der Waals surface area (Å²) in [6, 6.07) is 12.1. The zero-order chi connectivity index (χ0) is 18.4. The summed E-state index contributed by atoms with van der Waals surface area (Å²) in [6.07, 6.45) is 0. The molecular weight excluding hydrogens is 352 g/mol. The highest BCUT2D eigenvalue weighted by molar-refractivity contribution is 7.19. The molecule has 0 bridgehead atoms. The van der Waals surface area contributed by atoms with Crippen LogP contribution < -0.4 is 4.90 Å². The van der Waals surface area contributed by atoms with Crippen LogP contribution in [0.2, 0.25) is 0 Å². The third kappa shape index (κ3) is 2.51. The first-order valence-corrected chi connectivity index (χ1v) is 8.67. The van der Waals surface area contributed by atoms with E-state index in [-0.39, 0.29) is 23.8 Å². The van der Waals surface area contributed by atoms with E-state index in [1.165, 1.54) is 23.5 Å². The number of rotatable bonds is 3. The van der Waals surface area contributed by atoms with Crippen molar-refractivity contribution >= 4 is 44.3 Å². The molecule has 0 saturated carbocycles. The molecule has 0 fully saturated rings. The Morgan fingerprint density at radius 2 is 2.08 bits per heavy atom.